The molecular formula is C21H23N3O2S. The van der Waals surface area contributed by atoms with Crippen LogP contribution in [0.2, 0.25) is 0 Å². The van der Waals surface area contributed by atoms with Gasteiger partial charge in [0.15, 0.2) is 0 Å². The maximum absolute atomic E-state index is 13.2. The topological polar surface area (TPSA) is 78.0 Å². The Bertz CT molecular complexity index is 1080. The summed E-state index contributed by atoms with van der Waals surface area (Å²) in [7, 11) is 0. The highest BCUT2D eigenvalue weighted by molar-refractivity contribution is 7.17. The van der Waals surface area contributed by atoms with Crippen molar-refractivity contribution in [1.29, 1.82) is 0 Å². The van der Waals surface area contributed by atoms with Gasteiger partial charge in [0.1, 0.15) is 10.7 Å². The first-order valence-corrected chi connectivity index (χ1v) is 10.3. The van der Waals surface area contributed by atoms with E-state index in [4.69, 9.17) is 5.73 Å². The monoisotopic (exact) mass is 381 g/mol. The van der Waals surface area contributed by atoms with E-state index in [1.54, 1.807) is 4.57 Å². The van der Waals surface area contributed by atoms with E-state index in [1.807, 2.05) is 12.3 Å². The van der Waals surface area contributed by atoms with Crippen molar-refractivity contribution in [2.24, 2.45) is 5.73 Å². The number of rotatable bonds is 5. The number of nitrogens with two attached hydrogens (primary N) is 1. The van der Waals surface area contributed by atoms with E-state index >= 15 is 0 Å². The van der Waals surface area contributed by atoms with Crippen LogP contribution < -0.4 is 11.3 Å². The third-order valence-electron chi connectivity index (χ3n) is 5.35. The minimum Gasteiger partial charge on any atom is -0.370 e. The summed E-state index contributed by atoms with van der Waals surface area (Å²) in [5, 5.41) is 2.72. The molecule has 0 saturated carbocycles. The highest BCUT2D eigenvalue weighted by Crippen LogP contribution is 2.33. The van der Waals surface area contributed by atoms with E-state index < -0.39 is 0 Å². The summed E-state index contributed by atoms with van der Waals surface area (Å²) in [6, 6.07) is 6.58. The first-order chi connectivity index (χ1) is 13.0. The summed E-state index contributed by atoms with van der Waals surface area (Å²) in [5.41, 5.74) is 10.1. The van der Waals surface area contributed by atoms with E-state index in [0.29, 0.717) is 24.2 Å². The van der Waals surface area contributed by atoms with Crippen LogP contribution in [0.1, 0.15) is 42.6 Å². The first-order valence-electron chi connectivity index (χ1n) is 9.43. The van der Waals surface area contributed by atoms with Crippen LogP contribution >= 0.6 is 11.3 Å². The fourth-order valence-corrected chi connectivity index (χ4v) is 4.90. The molecule has 6 heteroatoms. The number of carbonyl (C=O) groups excluding carboxylic acids is 1. The normalized spacial score (nSPS) is 13.7. The Labute approximate surface area is 161 Å². The number of hydrogen-bond donors (Lipinski definition) is 1. The third kappa shape index (κ3) is 3.41. The predicted molar refractivity (Wildman–Crippen MR) is 109 cm³/mol. The second kappa shape index (κ2) is 7.27. The van der Waals surface area contributed by atoms with Gasteiger partial charge in [0.2, 0.25) is 5.91 Å². The van der Waals surface area contributed by atoms with Crippen molar-refractivity contribution in [2.45, 2.75) is 52.0 Å². The predicted octanol–water partition coefficient (Wildman–Crippen LogP) is 3.58. The smallest absolute Gasteiger partial charge is 0.262 e. The van der Waals surface area contributed by atoms with Crippen molar-refractivity contribution in [2.75, 3.05) is 0 Å². The maximum Gasteiger partial charge on any atom is 0.262 e. The van der Waals surface area contributed by atoms with Crippen LogP contribution in [0.25, 0.3) is 21.3 Å². The minimum absolute atomic E-state index is 0.0315. The molecule has 2 aromatic heterocycles. The molecule has 0 radical (unpaired) electrons. The number of thiophene rings is 1. The summed E-state index contributed by atoms with van der Waals surface area (Å²) >= 11 is 1.51. The summed E-state index contributed by atoms with van der Waals surface area (Å²) < 4.78 is 1.67. The van der Waals surface area contributed by atoms with Gasteiger partial charge >= 0.3 is 0 Å². The lowest BCUT2D eigenvalue weighted by atomic mass is 9.89. The lowest BCUT2D eigenvalue weighted by Gasteiger charge is -2.16. The van der Waals surface area contributed by atoms with E-state index in [0.717, 1.165) is 28.8 Å². The van der Waals surface area contributed by atoms with Gasteiger partial charge in [-0.05, 0) is 55.7 Å². The third-order valence-corrected chi connectivity index (χ3v) is 6.22. The Morgan fingerprint density at radius 3 is 2.81 bits per heavy atom. The number of aryl methyl sites for hydroxylation is 3. The van der Waals surface area contributed by atoms with Gasteiger partial charge in [-0.2, -0.15) is 0 Å². The molecule has 1 aliphatic carbocycles. The van der Waals surface area contributed by atoms with Gasteiger partial charge in [-0.25, -0.2) is 4.98 Å². The molecule has 0 aliphatic heterocycles. The molecule has 0 atom stereocenters. The van der Waals surface area contributed by atoms with E-state index in [2.05, 4.69) is 23.2 Å². The first kappa shape index (κ1) is 17.9. The number of fused-ring (bicyclic) bond motifs is 2. The van der Waals surface area contributed by atoms with Gasteiger partial charge in [-0.1, -0.05) is 18.2 Å². The second-order valence-corrected chi connectivity index (χ2v) is 8.06. The molecule has 3 aromatic rings. The molecule has 4 rings (SSSR count). The fourth-order valence-electron chi connectivity index (χ4n) is 3.91. The summed E-state index contributed by atoms with van der Waals surface area (Å²) in [6.45, 7) is 2.29. The van der Waals surface area contributed by atoms with Crippen LogP contribution in [-0.4, -0.2) is 15.5 Å². The molecule has 1 aromatic carbocycles. The van der Waals surface area contributed by atoms with Gasteiger partial charge in [-0.15, -0.1) is 11.3 Å². The fraction of sp³-hybridized carbons (Fsp3) is 0.381. The Morgan fingerprint density at radius 1 is 1.26 bits per heavy atom. The molecule has 1 aliphatic rings. The largest absolute Gasteiger partial charge is 0.370 e. The summed E-state index contributed by atoms with van der Waals surface area (Å²) in [6.07, 6.45) is 5.56. The summed E-state index contributed by atoms with van der Waals surface area (Å²) in [4.78, 5) is 29.6. The molecule has 1 amide bonds. The van der Waals surface area contributed by atoms with Gasteiger partial charge in [0, 0.05) is 23.9 Å². The minimum atomic E-state index is -0.347. The van der Waals surface area contributed by atoms with E-state index in [9.17, 15) is 9.59 Å². The highest BCUT2D eigenvalue weighted by Gasteiger charge is 2.17. The Hall–Kier alpha value is -2.47. The molecule has 2 N–H and O–H groups in total. The van der Waals surface area contributed by atoms with Crippen LogP contribution in [-0.2, 0) is 24.2 Å². The van der Waals surface area contributed by atoms with Gasteiger partial charge < -0.3 is 5.73 Å². The molecular weight excluding hydrogens is 358 g/mol. The Balaban J connectivity index is 1.78. The average Bonchev–Trinajstić information content (AvgIpc) is 3.07. The number of amides is 1. The van der Waals surface area contributed by atoms with Gasteiger partial charge in [-0.3, -0.25) is 14.2 Å². The van der Waals surface area contributed by atoms with Crippen molar-refractivity contribution in [3.05, 3.63) is 50.9 Å². The van der Waals surface area contributed by atoms with Crippen LogP contribution in [0.4, 0.5) is 0 Å². The van der Waals surface area contributed by atoms with E-state index in [-0.39, 0.29) is 17.9 Å². The van der Waals surface area contributed by atoms with Crippen LogP contribution in [0.15, 0.2) is 28.4 Å². The number of primary amides is 1. The number of hydrogen-bond acceptors (Lipinski definition) is 4. The van der Waals surface area contributed by atoms with Crippen molar-refractivity contribution >= 4 is 27.5 Å². The molecule has 0 bridgehead atoms. The maximum atomic E-state index is 13.2. The van der Waals surface area contributed by atoms with Crippen LogP contribution in [0.3, 0.4) is 0 Å². The number of aromatic nitrogens is 2. The van der Waals surface area contributed by atoms with Gasteiger partial charge in [0.05, 0.1) is 5.39 Å². The Kier molecular flexibility index (Phi) is 4.83. The van der Waals surface area contributed by atoms with Crippen LogP contribution in [0, 0.1) is 6.92 Å². The lowest BCUT2D eigenvalue weighted by molar-refractivity contribution is -0.118. The van der Waals surface area contributed by atoms with Gasteiger partial charge in [0.25, 0.3) is 5.56 Å². The lowest BCUT2D eigenvalue weighted by Crippen LogP contribution is -2.24. The molecule has 27 heavy (non-hydrogen) atoms. The van der Waals surface area contributed by atoms with Crippen molar-refractivity contribution in [3.63, 3.8) is 0 Å². The molecule has 0 unspecified atom stereocenters. The number of nitrogens with zero attached hydrogens (tertiary/aromatic N) is 2. The van der Waals surface area contributed by atoms with Crippen molar-refractivity contribution < 1.29 is 4.79 Å². The van der Waals surface area contributed by atoms with Crippen molar-refractivity contribution in [3.8, 4) is 11.1 Å². The van der Waals surface area contributed by atoms with E-state index in [1.165, 1.54) is 35.3 Å². The van der Waals surface area contributed by atoms with Crippen LogP contribution in [0.5, 0.6) is 0 Å². The standard InChI is InChI=1S/C21H23N3O2S/c1-13-23-20-19(21(26)24(13)10-4-7-18(22)25)17(12-27-20)16-9-8-14-5-2-3-6-15(14)11-16/h8-9,11-12H,2-7,10H2,1H3,(H2,22,25). The molecule has 0 fully saturated rings. The summed E-state index contributed by atoms with van der Waals surface area (Å²) in [5.74, 6) is 0.329. The zero-order valence-electron chi connectivity index (χ0n) is 15.5. The zero-order valence-corrected chi connectivity index (χ0v) is 16.3. The molecule has 0 saturated heterocycles. The quantitative estimate of drug-likeness (QED) is 0.734. The molecule has 0 spiro atoms. The van der Waals surface area contributed by atoms with Crippen molar-refractivity contribution in [1.82, 2.24) is 9.55 Å². The SMILES string of the molecule is Cc1nc2scc(-c3ccc4c(c3)CCCC4)c2c(=O)n1CCCC(N)=O. The number of benzene rings is 1. The zero-order chi connectivity index (χ0) is 19.0. The number of carbonyl (C=O) groups is 1. The second-order valence-electron chi connectivity index (χ2n) is 7.21. The average molecular weight is 382 g/mol. The molecule has 2 heterocycles. The molecule has 140 valence electrons. The highest BCUT2D eigenvalue weighted by atomic mass is 32.1. The Morgan fingerprint density at radius 2 is 2.04 bits per heavy atom. The molecule has 5 nitrogen and oxygen atoms in total.